The predicted molar refractivity (Wildman–Crippen MR) is 136 cm³/mol. The number of aliphatic hydroxyl groups excluding tert-OH is 1. The summed E-state index contributed by atoms with van der Waals surface area (Å²) in [5, 5.41) is 16.6. The lowest BCUT2D eigenvalue weighted by Gasteiger charge is -2.14. The van der Waals surface area contributed by atoms with E-state index < -0.39 is 6.10 Å². The maximum absolute atomic E-state index is 12.9. The molecule has 3 rings (SSSR count). The van der Waals surface area contributed by atoms with Gasteiger partial charge in [-0.2, -0.15) is 0 Å². The molecule has 0 spiro atoms. The third-order valence-electron chi connectivity index (χ3n) is 4.76. The Morgan fingerprint density at radius 1 is 1.19 bits per heavy atom. The molecule has 0 amide bonds. The molecule has 0 aliphatic heterocycles. The van der Waals surface area contributed by atoms with Crippen molar-refractivity contribution in [3.63, 3.8) is 0 Å². The number of imidazole rings is 1. The van der Waals surface area contributed by atoms with E-state index in [0.717, 1.165) is 42.9 Å². The van der Waals surface area contributed by atoms with Gasteiger partial charge in [-0.05, 0) is 56.7 Å². The summed E-state index contributed by atoms with van der Waals surface area (Å²) in [6, 6.07) is 13.8. The van der Waals surface area contributed by atoms with E-state index in [2.05, 4.69) is 31.2 Å². The molecular formula is C23H31FIN5O2. The molecule has 0 saturated heterocycles. The van der Waals surface area contributed by atoms with Crippen LogP contribution in [0.2, 0.25) is 0 Å². The number of hydrogen-bond acceptors (Lipinski definition) is 4. The van der Waals surface area contributed by atoms with Gasteiger partial charge < -0.3 is 25.0 Å². The highest BCUT2D eigenvalue weighted by Crippen LogP contribution is 2.15. The Kier molecular flexibility index (Phi) is 10.7. The molecule has 1 atom stereocenters. The van der Waals surface area contributed by atoms with Crippen molar-refractivity contribution < 1.29 is 14.2 Å². The molecule has 1 heterocycles. The van der Waals surface area contributed by atoms with Crippen molar-refractivity contribution in [3.05, 3.63) is 60.2 Å². The van der Waals surface area contributed by atoms with Crippen LogP contribution in [0.15, 0.2) is 53.5 Å². The minimum atomic E-state index is -0.763. The molecule has 1 aromatic heterocycles. The summed E-state index contributed by atoms with van der Waals surface area (Å²) in [7, 11) is 0. The third kappa shape index (κ3) is 7.63. The second-order valence-corrected chi connectivity index (χ2v) is 7.22. The maximum atomic E-state index is 12.9. The number of aliphatic imine (C=N–C) groups is 1. The van der Waals surface area contributed by atoms with Gasteiger partial charge in [0.15, 0.2) is 5.96 Å². The number of ether oxygens (including phenoxy) is 1. The van der Waals surface area contributed by atoms with E-state index in [0.29, 0.717) is 11.7 Å². The Bertz CT molecular complexity index is 994. The molecule has 3 aromatic rings. The minimum Gasteiger partial charge on any atom is -0.491 e. The second kappa shape index (κ2) is 13.2. The smallest absolute Gasteiger partial charge is 0.191 e. The van der Waals surface area contributed by atoms with Crippen LogP contribution in [-0.4, -0.2) is 53.0 Å². The van der Waals surface area contributed by atoms with Crippen LogP contribution in [0.3, 0.4) is 0 Å². The largest absolute Gasteiger partial charge is 0.491 e. The molecule has 0 bridgehead atoms. The Morgan fingerprint density at radius 3 is 2.69 bits per heavy atom. The number of nitrogens with one attached hydrogen (secondary N) is 2. The summed E-state index contributed by atoms with van der Waals surface area (Å²) in [6.45, 7) is 6.61. The molecular weight excluding hydrogens is 524 g/mol. The van der Waals surface area contributed by atoms with Crippen LogP contribution >= 0.6 is 24.0 Å². The normalized spacial score (nSPS) is 12.3. The Morgan fingerprint density at radius 2 is 1.94 bits per heavy atom. The van der Waals surface area contributed by atoms with E-state index >= 15 is 0 Å². The maximum Gasteiger partial charge on any atom is 0.191 e. The lowest BCUT2D eigenvalue weighted by Crippen LogP contribution is -2.39. The first-order chi connectivity index (χ1) is 15.1. The molecule has 0 saturated carbocycles. The number of nitrogens with zero attached hydrogens (tertiary/aromatic N) is 3. The van der Waals surface area contributed by atoms with E-state index in [-0.39, 0.29) is 42.9 Å². The minimum absolute atomic E-state index is 0. The lowest BCUT2D eigenvalue weighted by atomic mass is 10.3. The number of hydrogen-bond donors (Lipinski definition) is 3. The molecule has 1 unspecified atom stereocenters. The van der Waals surface area contributed by atoms with Gasteiger partial charge in [0.1, 0.15) is 30.1 Å². The van der Waals surface area contributed by atoms with Crippen LogP contribution in [0.5, 0.6) is 5.75 Å². The topological polar surface area (TPSA) is 83.7 Å². The average Bonchev–Trinajstić information content (AvgIpc) is 3.09. The predicted octanol–water partition coefficient (Wildman–Crippen LogP) is 3.49. The second-order valence-electron chi connectivity index (χ2n) is 7.22. The first-order valence-electron chi connectivity index (χ1n) is 10.6. The molecule has 7 nitrogen and oxygen atoms in total. The molecule has 32 heavy (non-hydrogen) atoms. The molecule has 0 radical (unpaired) electrons. The fourth-order valence-corrected chi connectivity index (χ4v) is 3.24. The number of aromatic nitrogens is 2. The fourth-order valence-electron chi connectivity index (χ4n) is 3.24. The van der Waals surface area contributed by atoms with Crippen molar-refractivity contribution in [2.75, 3.05) is 26.2 Å². The van der Waals surface area contributed by atoms with Crippen molar-refractivity contribution in [3.8, 4) is 5.75 Å². The lowest BCUT2D eigenvalue weighted by molar-refractivity contribution is 0.114. The molecule has 3 N–H and O–H groups in total. The molecule has 2 aromatic carbocycles. The van der Waals surface area contributed by atoms with Gasteiger partial charge in [-0.1, -0.05) is 12.1 Å². The summed E-state index contributed by atoms with van der Waals surface area (Å²) in [6.07, 6.45) is 0.141. The monoisotopic (exact) mass is 555 g/mol. The SMILES string of the molecule is CCNC(=NCC(O)COc1ccc(F)cc1)NCCCn1c(C)nc2ccccc21.I. The van der Waals surface area contributed by atoms with Crippen molar-refractivity contribution >= 4 is 41.0 Å². The van der Waals surface area contributed by atoms with E-state index in [1.54, 1.807) is 0 Å². The number of guanidine groups is 1. The van der Waals surface area contributed by atoms with E-state index in [9.17, 15) is 9.50 Å². The van der Waals surface area contributed by atoms with Gasteiger partial charge in [-0.3, -0.25) is 4.99 Å². The van der Waals surface area contributed by atoms with Crippen LogP contribution in [0.25, 0.3) is 11.0 Å². The van der Waals surface area contributed by atoms with Crippen LogP contribution in [0.4, 0.5) is 4.39 Å². The van der Waals surface area contributed by atoms with E-state index in [1.807, 2.05) is 32.0 Å². The number of aryl methyl sites for hydroxylation is 2. The molecule has 9 heteroatoms. The zero-order valence-corrected chi connectivity index (χ0v) is 20.8. The van der Waals surface area contributed by atoms with Gasteiger partial charge in [0.25, 0.3) is 0 Å². The van der Waals surface area contributed by atoms with Gasteiger partial charge in [0.2, 0.25) is 0 Å². The van der Waals surface area contributed by atoms with Crippen molar-refractivity contribution in [1.29, 1.82) is 0 Å². The molecule has 0 aliphatic rings. The highest BCUT2D eigenvalue weighted by atomic mass is 127. The van der Waals surface area contributed by atoms with Crippen LogP contribution < -0.4 is 15.4 Å². The van der Waals surface area contributed by atoms with Gasteiger partial charge in [0, 0.05) is 19.6 Å². The van der Waals surface area contributed by atoms with Gasteiger partial charge in [0.05, 0.1) is 17.6 Å². The van der Waals surface area contributed by atoms with Crippen molar-refractivity contribution in [1.82, 2.24) is 20.2 Å². The summed E-state index contributed by atoms with van der Waals surface area (Å²) in [4.78, 5) is 9.02. The summed E-state index contributed by atoms with van der Waals surface area (Å²) >= 11 is 0. The van der Waals surface area contributed by atoms with Gasteiger partial charge >= 0.3 is 0 Å². The summed E-state index contributed by atoms with van der Waals surface area (Å²) in [5.41, 5.74) is 2.16. The summed E-state index contributed by atoms with van der Waals surface area (Å²) in [5.74, 6) is 1.84. The number of halogens is 2. The first kappa shape index (κ1) is 25.9. The molecule has 174 valence electrons. The highest BCUT2D eigenvalue weighted by Gasteiger charge is 2.08. The first-order valence-corrected chi connectivity index (χ1v) is 10.6. The average molecular weight is 555 g/mol. The van der Waals surface area contributed by atoms with E-state index in [4.69, 9.17) is 4.74 Å². The summed E-state index contributed by atoms with van der Waals surface area (Å²) < 4.78 is 20.6. The quantitative estimate of drug-likeness (QED) is 0.155. The van der Waals surface area contributed by atoms with Gasteiger partial charge in [-0.25, -0.2) is 9.37 Å². The Hall–Kier alpha value is -2.40. The fraction of sp³-hybridized carbons (Fsp3) is 0.391. The third-order valence-corrected chi connectivity index (χ3v) is 4.76. The standard InChI is InChI=1S/C23H30FN5O2.HI/c1-3-25-23(27-15-19(30)16-31-20-11-9-18(24)10-12-20)26-13-6-14-29-17(2)28-21-7-4-5-8-22(21)29;/h4-5,7-12,19,30H,3,6,13-16H2,1-2H3,(H2,25,26,27);1H. The number of fused-ring (bicyclic) bond motifs is 1. The zero-order chi connectivity index (χ0) is 22.1. The van der Waals surface area contributed by atoms with Crippen molar-refractivity contribution in [2.45, 2.75) is 32.9 Å². The molecule has 0 fully saturated rings. The number of benzene rings is 2. The highest BCUT2D eigenvalue weighted by molar-refractivity contribution is 14.0. The number of rotatable bonds is 10. The number of aliphatic hydroxyl groups is 1. The Balaban J connectivity index is 0.00000363. The van der Waals surface area contributed by atoms with Crippen LogP contribution in [0, 0.1) is 12.7 Å². The zero-order valence-electron chi connectivity index (χ0n) is 18.4. The van der Waals surface area contributed by atoms with E-state index in [1.165, 1.54) is 24.3 Å². The molecule has 0 aliphatic carbocycles. The van der Waals surface area contributed by atoms with Crippen molar-refractivity contribution in [2.24, 2.45) is 4.99 Å². The van der Waals surface area contributed by atoms with Crippen LogP contribution in [-0.2, 0) is 6.54 Å². The Labute approximate surface area is 205 Å². The number of para-hydroxylation sites is 2. The van der Waals surface area contributed by atoms with Gasteiger partial charge in [-0.15, -0.1) is 24.0 Å². The van der Waals surface area contributed by atoms with Crippen LogP contribution in [0.1, 0.15) is 19.2 Å².